The van der Waals surface area contributed by atoms with E-state index in [4.69, 9.17) is 0 Å². The van der Waals surface area contributed by atoms with Crippen LogP contribution in [0.1, 0.15) is 5.01 Å². The maximum atomic E-state index is 4.10. The van der Waals surface area contributed by atoms with Crippen molar-refractivity contribution in [2.45, 2.75) is 12.1 Å². The van der Waals surface area contributed by atoms with Crippen LogP contribution in [0, 0.1) is 6.92 Å². The third-order valence-corrected chi connectivity index (χ3v) is 1.97. The molecule has 1 aromatic rings. The van der Waals surface area contributed by atoms with Crippen molar-refractivity contribution in [3.05, 3.63) is 5.01 Å². The van der Waals surface area contributed by atoms with Gasteiger partial charge < -0.3 is 0 Å². The van der Waals surface area contributed by atoms with Gasteiger partial charge in [0.25, 0.3) is 0 Å². The first-order valence-electron chi connectivity index (χ1n) is 2.17. The molecule has 0 saturated heterocycles. The van der Waals surface area contributed by atoms with Gasteiger partial charge in [-0.1, -0.05) is 11.8 Å². The van der Waals surface area contributed by atoms with Gasteiger partial charge in [-0.3, -0.25) is 0 Å². The first-order valence-corrected chi connectivity index (χ1v) is 4.17. The third kappa shape index (κ3) is 1.20. The zero-order valence-corrected chi connectivity index (χ0v) is 6.34. The molecule has 0 saturated carbocycles. The highest BCUT2D eigenvalue weighted by Crippen LogP contribution is 2.11. The molecule has 0 aliphatic carbocycles. The quantitative estimate of drug-likeness (QED) is 0.562. The van der Waals surface area contributed by atoms with Crippen molar-refractivity contribution < 1.29 is 0 Å². The monoisotopic (exact) mass is 146 g/mol. The maximum absolute atomic E-state index is 4.10. The van der Waals surface area contributed by atoms with Crippen LogP contribution in [0.15, 0.2) is 5.16 Å². The van der Waals surface area contributed by atoms with Gasteiger partial charge in [0.05, 0.1) is 0 Å². The molecule has 4 heteroatoms. The van der Waals surface area contributed by atoms with Crippen LogP contribution in [0.3, 0.4) is 0 Å². The highest BCUT2D eigenvalue weighted by molar-refractivity contribution is 7.98. The Morgan fingerprint density at radius 2 is 2.38 bits per heavy atom. The third-order valence-electron chi connectivity index (χ3n) is 0.692. The second-order valence-corrected chi connectivity index (χ2v) is 3.03. The molecule has 0 radical (unpaired) electrons. The zero-order valence-electron chi connectivity index (χ0n) is 4.71. The number of thioether (sulfide) groups is 1. The van der Waals surface area contributed by atoms with E-state index in [1.807, 2.05) is 13.2 Å². The fourth-order valence-corrected chi connectivity index (χ4v) is 1.44. The van der Waals surface area contributed by atoms with Crippen LogP contribution in [0.25, 0.3) is 0 Å². The average Bonchev–Trinajstić information content (AvgIpc) is 2.14. The molecule has 2 nitrogen and oxygen atoms in total. The van der Waals surface area contributed by atoms with Crippen molar-refractivity contribution in [1.29, 1.82) is 0 Å². The number of nitrogens with zero attached hydrogens (tertiary/aromatic N) is 2. The second kappa shape index (κ2) is 2.46. The van der Waals surface area contributed by atoms with Crippen LogP contribution in [0.4, 0.5) is 0 Å². The van der Waals surface area contributed by atoms with Gasteiger partial charge in [-0.2, -0.15) is 4.37 Å². The number of hydrogen-bond donors (Lipinski definition) is 0. The number of rotatable bonds is 1. The highest BCUT2D eigenvalue weighted by atomic mass is 32.2. The molecular formula is C4H6N2S2. The lowest BCUT2D eigenvalue weighted by Gasteiger charge is -1.76. The van der Waals surface area contributed by atoms with E-state index < -0.39 is 0 Å². The lowest BCUT2D eigenvalue weighted by atomic mass is 10.8. The van der Waals surface area contributed by atoms with Gasteiger partial charge in [-0.15, -0.1) is 0 Å². The first kappa shape index (κ1) is 6.04. The summed E-state index contributed by atoms with van der Waals surface area (Å²) in [4.78, 5) is 4.10. The summed E-state index contributed by atoms with van der Waals surface area (Å²) in [5, 5.41) is 1.92. The van der Waals surface area contributed by atoms with E-state index in [0.717, 1.165) is 10.2 Å². The number of aromatic nitrogens is 2. The van der Waals surface area contributed by atoms with Crippen LogP contribution in [0.5, 0.6) is 0 Å². The van der Waals surface area contributed by atoms with Crippen molar-refractivity contribution in [3.8, 4) is 0 Å². The van der Waals surface area contributed by atoms with Crippen LogP contribution >= 0.6 is 23.3 Å². The summed E-state index contributed by atoms with van der Waals surface area (Å²) in [5.74, 6) is 0. The Hall–Kier alpha value is -0.0900. The number of hydrogen-bond acceptors (Lipinski definition) is 4. The van der Waals surface area contributed by atoms with E-state index in [2.05, 4.69) is 9.36 Å². The van der Waals surface area contributed by atoms with Gasteiger partial charge in [0.15, 0.2) is 5.16 Å². The summed E-state index contributed by atoms with van der Waals surface area (Å²) in [6.45, 7) is 1.96. The lowest BCUT2D eigenvalue weighted by molar-refractivity contribution is 1.05. The van der Waals surface area contributed by atoms with Gasteiger partial charge in [-0.05, 0) is 24.7 Å². The molecule has 0 amide bonds. The molecular weight excluding hydrogens is 140 g/mol. The van der Waals surface area contributed by atoms with E-state index in [1.165, 1.54) is 11.5 Å². The lowest BCUT2D eigenvalue weighted by Crippen LogP contribution is -1.69. The molecule has 0 bridgehead atoms. The predicted octanol–water partition coefficient (Wildman–Crippen LogP) is 1.57. The minimum absolute atomic E-state index is 0.882. The van der Waals surface area contributed by atoms with Crippen molar-refractivity contribution in [1.82, 2.24) is 9.36 Å². The largest absolute Gasteiger partial charge is 0.215 e. The smallest absolute Gasteiger partial charge is 0.200 e. The molecule has 8 heavy (non-hydrogen) atoms. The topological polar surface area (TPSA) is 25.8 Å². The van der Waals surface area contributed by atoms with Crippen LogP contribution < -0.4 is 0 Å². The summed E-state index contributed by atoms with van der Waals surface area (Å²) >= 11 is 3.02. The van der Waals surface area contributed by atoms with Gasteiger partial charge >= 0.3 is 0 Å². The standard InChI is InChI=1S/C4H6N2S2/c1-3-5-4(7-2)6-8-3/h1-2H3. The normalized spacial score (nSPS) is 9.75. The summed E-state index contributed by atoms with van der Waals surface area (Å²) in [5.41, 5.74) is 0. The minimum atomic E-state index is 0.882. The molecule has 1 heterocycles. The predicted molar refractivity (Wildman–Crippen MR) is 36.4 cm³/mol. The van der Waals surface area contributed by atoms with Crippen LogP contribution in [-0.2, 0) is 0 Å². The Labute approximate surface area is 56.5 Å². The van der Waals surface area contributed by atoms with Crippen molar-refractivity contribution in [2.75, 3.05) is 6.26 Å². The van der Waals surface area contributed by atoms with E-state index in [0.29, 0.717) is 0 Å². The van der Waals surface area contributed by atoms with Crippen LogP contribution in [-0.4, -0.2) is 15.6 Å². The van der Waals surface area contributed by atoms with E-state index >= 15 is 0 Å². The van der Waals surface area contributed by atoms with Crippen molar-refractivity contribution in [2.24, 2.45) is 0 Å². The first-order chi connectivity index (χ1) is 3.83. The highest BCUT2D eigenvalue weighted by Gasteiger charge is 1.94. The Kier molecular flexibility index (Phi) is 1.85. The van der Waals surface area contributed by atoms with E-state index in [-0.39, 0.29) is 0 Å². The summed E-state index contributed by atoms with van der Waals surface area (Å²) < 4.78 is 4.03. The Morgan fingerprint density at radius 1 is 1.62 bits per heavy atom. The summed E-state index contributed by atoms with van der Waals surface area (Å²) in [6, 6.07) is 0. The second-order valence-electron chi connectivity index (χ2n) is 1.30. The van der Waals surface area contributed by atoms with E-state index in [1.54, 1.807) is 11.8 Å². The molecule has 44 valence electrons. The summed E-state index contributed by atoms with van der Waals surface area (Å²) in [7, 11) is 0. The fraction of sp³-hybridized carbons (Fsp3) is 0.500. The van der Waals surface area contributed by atoms with Crippen LogP contribution in [0.2, 0.25) is 0 Å². The zero-order chi connectivity index (χ0) is 5.98. The molecule has 0 unspecified atom stereocenters. The molecule has 0 aliphatic heterocycles. The maximum Gasteiger partial charge on any atom is 0.200 e. The van der Waals surface area contributed by atoms with Crippen molar-refractivity contribution >= 4 is 23.3 Å². The Morgan fingerprint density at radius 3 is 2.62 bits per heavy atom. The van der Waals surface area contributed by atoms with E-state index in [9.17, 15) is 0 Å². The minimum Gasteiger partial charge on any atom is -0.215 e. The molecule has 1 aromatic heterocycles. The molecule has 1 rings (SSSR count). The van der Waals surface area contributed by atoms with Gasteiger partial charge in [0, 0.05) is 0 Å². The molecule has 0 N–H and O–H groups in total. The van der Waals surface area contributed by atoms with Gasteiger partial charge in [-0.25, -0.2) is 4.98 Å². The van der Waals surface area contributed by atoms with Gasteiger partial charge in [0.2, 0.25) is 0 Å². The average molecular weight is 146 g/mol. The molecule has 0 aliphatic rings. The molecule has 0 fully saturated rings. The SMILES string of the molecule is CSc1nsc(C)n1. The van der Waals surface area contributed by atoms with Crippen molar-refractivity contribution in [3.63, 3.8) is 0 Å². The Bertz CT molecular complexity index is 172. The summed E-state index contributed by atoms with van der Waals surface area (Å²) in [6.07, 6.45) is 1.97. The molecule has 0 aromatic carbocycles. The Balaban J connectivity index is 2.84. The van der Waals surface area contributed by atoms with Gasteiger partial charge in [0.1, 0.15) is 5.01 Å². The molecule has 0 spiro atoms. The number of aryl methyl sites for hydroxylation is 1. The molecule has 0 atom stereocenters. The fourth-order valence-electron chi connectivity index (χ4n) is 0.364.